The van der Waals surface area contributed by atoms with Gasteiger partial charge in [0.2, 0.25) is 0 Å². The number of hydrogen-bond donors (Lipinski definition) is 2. The highest BCUT2D eigenvalue weighted by atomic mass is 16.3. The Morgan fingerprint density at radius 1 is 1.14 bits per heavy atom. The molecule has 0 aromatic carbocycles. The maximum absolute atomic E-state index is 9.79. The number of allylic oxidation sites excluding steroid dienone is 1. The van der Waals surface area contributed by atoms with Gasteiger partial charge in [-0.1, -0.05) is 40.5 Å². The van der Waals surface area contributed by atoms with E-state index in [9.17, 15) is 10.2 Å². The summed E-state index contributed by atoms with van der Waals surface area (Å²) < 4.78 is 0. The molecule has 0 spiro atoms. The molecule has 0 amide bonds. The van der Waals surface area contributed by atoms with Crippen LogP contribution in [-0.2, 0) is 0 Å². The minimum absolute atomic E-state index is 0.152. The summed E-state index contributed by atoms with van der Waals surface area (Å²) in [6.45, 7) is 8.11. The van der Waals surface area contributed by atoms with E-state index in [1.165, 1.54) is 0 Å². The van der Waals surface area contributed by atoms with E-state index in [0.717, 1.165) is 19.3 Å². The first kappa shape index (κ1) is 13.5. The van der Waals surface area contributed by atoms with Crippen LogP contribution in [0.25, 0.3) is 0 Å². The molecule has 0 bridgehead atoms. The first-order chi connectivity index (χ1) is 6.56. The van der Waals surface area contributed by atoms with Gasteiger partial charge in [-0.3, -0.25) is 0 Å². The second-order valence-electron chi connectivity index (χ2n) is 3.97. The predicted molar refractivity (Wildman–Crippen MR) is 60.2 cm³/mol. The standard InChI is InChI=1S/C12H24O2/c1-5-9(4)11(13)8-12(14)10(6-2)7-3/h8-10,12-14H,5-7H2,1-4H3/b11-8-/t9-,12+/m0/s1. The van der Waals surface area contributed by atoms with Crippen LogP contribution in [0.4, 0.5) is 0 Å². The molecule has 0 heterocycles. The van der Waals surface area contributed by atoms with Crippen molar-refractivity contribution in [3.05, 3.63) is 11.8 Å². The van der Waals surface area contributed by atoms with Crippen molar-refractivity contribution in [2.45, 2.75) is 53.1 Å². The summed E-state index contributed by atoms with van der Waals surface area (Å²) in [5.74, 6) is 0.743. The fourth-order valence-corrected chi connectivity index (χ4v) is 1.46. The molecule has 2 nitrogen and oxygen atoms in total. The molecule has 0 fully saturated rings. The normalized spacial score (nSPS) is 17.1. The minimum atomic E-state index is -0.501. The predicted octanol–water partition coefficient (Wildman–Crippen LogP) is 3.27. The maximum atomic E-state index is 9.79. The van der Waals surface area contributed by atoms with Gasteiger partial charge in [-0.2, -0.15) is 0 Å². The lowest BCUT2D eigenvalue weighted by Crippen LogP contribution is -2.18. The van der Waals surface area contributed by atoms with Gasteiger partial charge in [-0.15, -0.1) is 0 Å². The van der Waals surface area contributed by atoms with E-state index in [-0.39, 0.29) is 11.8 Å². The summed E-state index contributed by atoms with van der Waals surface area (Å²) in [5, 5.41) is 19.4. The van der Waals surface area contributed by atoms with Gasteiger partial charge in [-0.25, -0.2) is 0 Å². The van der Waals surface area contributed by atoms with Crippen LogP contribution in [0.1, 0.15) is 47.0 Å². The van der Waals surface area contributed by atoms with E-state index in [2.05, 4.69) is 13.8 Å². The quantitative estimate of drug-likeness (QED) is 0.646. The molecule has 0 saturated heterocycles. The molecule has 0 radical (unpaired) electrons. The Morgan fingerprint density at radius 2 is 1.64 bits per heavy atom. The van der Waals surface area contributed by atoms with Gasteiger partial charge >= 0.3 is 0 Å². The number of aliphatic hydroxyl groups is 2. The fourth-order valence-electron chi connectivity index (χ4n) is 1.46. The molecular formula is C12H24O2. The second-order valence-corrected chi connectivity index (χ2v) is 3.97. The summed E-state index contributed by atoms with van der Waals surface area (Å²) in [4.78, 5) is 0. The van der Waals surface area contributed by atoms with Crippen LogP contribution in [0, 0.1) is 11.8 Å². The van der Waals surface area contributed by atoms with Gasteiger partial charge in [0.25, 0.3) is 0 Å². The molecule has 84 valence electrons. The van der Waals surface area contributed by atoms with Gasteiger partial charge in [0.15, 0.2) is 0 Å². The molecule has 14 heavy (non-hydrogen) atoms. The third-order valence-electron chi connectivity index (χ3n) is 2.99. The van der Waals surface area contributed by atoms with E-state index in [0.29, 0.717) is 5.76 Å². The van der Waals surface area contributed by atoms with Gasteiger partial charge < -0.3 is 10.2 Å². The van der Waals surface area contributed by atoms with Crippen molar-refractivity contribution < 1.29 is 10.2 Å². The van der Waals surface area contributed by atoms with E-state index in [1.54, 1.807) is 6.08 Å². The van der Waals surface area contributed by atoms with Crippen molar-refractivity contribution in [2.75, 3.05) is 0 Å². The third-order valence-corrected chi connectivity index (χ3v) is 2.99. The first-order valence-corrected chi connectivity index (χ1v) is 5.65. The molecule has 0 aromatic rings. The highest BCUT2D eigenvalue weighted by molar-refractivity contribution is 5.00. The maximum Gasteiger partial charge on any atom is 0.0936 e. The average molecular weight is 200 g/mol. The zero-order chi connectivity index (χ0) is 11.1. The van der Waals surface area contributed by atoms with Crippen molar-refractivity contribution >= 4 is 0 Å². The largest absolute Gasteiger partial charge is 0.512 e. The first-order valence-electron chi connectivity index (χ1n) is 5.65. The SMILES string of the molecule is CCC(CC)[C@H](O)/C=C(\O)[C@@H](C)CC. The van der Waals surface area contributed by atoms with Crippen LogP contribution < -0.4 is 0 Å². The Labute approximate surface area is 87.7 Å². The van der Waals surface area contributed by atoms with Gasteiger partial charge in [-0.05, 0) is 18.4 Å². The smallest absolute Gasteiger partial charge is 0.0936 e. The zero-order valence-corrected chi connectivity index (χ0v) is 9.83. The monoisotopic (exact) mass is 200 g/mol. The average Bonchev–Trinajstić information content (AvgIpc) is 2.18. The highest BCUT2D eigenvalue weighted by Crippen LogP contribution is 2.18. The van der Waals surface area contributed by atoms with E-state index in [1.807, 2.05) is 13.8 Å². The van der Waals surface area contributed by atoms with E-state index in [4.69, 9.17) is 0 Å². The molecule has 0 aliphatic heterocycles. The Bertz CT molecular complexity index is 171. The topological polar surface area (TPSA) is 40.5 Å². The lowest BCUT2D eigenvalue weighted by atomic mass is 9.94. The summed E-state index contributed by atoms with van der Waals surface area (Å²) in [6.07, 6.45) is 3.90. The van der Waals surface area contributed by atoms with Crippen molar-refractivity contribution in [2.24, 2.45) is 11.8 Å². The van der Waals surface area contributed by atoms with Crippen LogP contribution in [0.2, 0.25) is 0 Å². The van der Waals surface area contributed by atoms with Crippen LogP contribution in [0.5, 0.6) is 0 Å². The van der Waals surface area contributed by atoms with Crippen LogP contribution in [0.15, 0.2) is 11.8 Å². The van der Waals surface area contributed by atoms with Crippen molar-refractivity contribution in [1.29, 1.82) is 0 Å². The van der Waals surface area contributed by atoms with Crippen LogP contribution in [0.3, 0.4) is 0 Å². The van der Waals surface area contributed by atoms with Crippen molar-refractivity contribution in [1.82, 2.24) is 0 Å². The second kappa shape index (κ2) is 6.88. The van der Waals surface area contributed by atoms with Gasteiger partial charge in [0.05, 0.1) is 11.9 Å². The third kappa shape index (κ3) is 4.14. The Hall–Kier alpha value is -0.500. The molecule has 2 heteroatoms. The number of hydrogen-bond acceptors (Lipinski definition) is 2. The minimum Gasteiger partial charge on any atom is -0.512 e. The lowest BCUT2D eigenvalue weighted by molar-refractivity contribution is 0.140. The Kier molecular flexibility index (Phi) is 6.64. The van der Waals surface area contributed by atoms with Gasteiger partial charge in [0, 0.05) is 5.92 Å². The molecule has 2 N–H and O–H groups in total. The lowest BCUT2D eigenvalue weighted by Gasteiger charge is -2.18. The summed E-state index contributed by atoms with van der Waals surface area (Å²) in [7, 11) is 0. The van der Waals surface area contributed by atoms with E-state index >= 15 is 0 Å². The molecule has 0 rings (SSSR count). The summed E-state index contributed by atoms with van der Waals surface area (Å²) in [6, 6.07) is 0. The molecular weight excluding hydrogens is 176 g/mol. The zero-order valence-electron chi connectivity index (χ0n) is 9.83. The van der Waals surface area contributed by atoms with Crippen LogP contribution in [-0.4, -0.2) is 16.3 Å². The van der Waals surface area contributed by atoms with Crippen molar-refractivity contribution in [3.63, 3.8) is 0 Å². The highest BCUT2D eigenvalue weighted by Gasteiger charge is 2.15. The molecule has 0 aliphatic rings. The van der Waals surface area contributed by atoms with Crippen molar-refractivity contribution in [3.8, 4) is 0 Å². The summed E-state index contributed by atoms with van der Waals surface area (Å²) >= 11 is 0. The fraction of sp³-hybridized carbons (Fsp3) is 0.833. The molecule has 0 aromatic heterocycles. The molecule has 0 unspecified atom stereocenters. The van der Waals surface area contributed by atoms with Gasteiger partial charge in [0.1, 0.15) is 0 Å². The van der Waals surface area contributed by atoms with E-state index < -0.39 is 6.10 Å². The Morgan fingerprint density at radius 3 is 2.00 bits per heavy atom. The summed E-state index contributed by atoms with van der Waals surface area (Å²) in [5.41, 5.74) is 0. The number of aliphatic hydroxyl groups excluding tert-OH is 2. The molecule has 0 saturated carbocycles. The molecule has 0 aliphatic carbocycles. The molecule has 2 atom stereocenters. The van der Waals surface area contributed by atoms with Crippen LogP contribution >= 0.6 is 0 Å². The Balaban J connectivity index is 4.32. The number of rotatable bonds is 6.